The van der Waals surface area contributed by atoms with E-state index in [9.17, 15) is 4.79 Å². The van der Waals surface area contributed by atoms with Gasteiger partial charge in [0, 0.05) is 11.1 Å². The molecule has 0 bridgehead atoms. The summed E-state index contributed by atoms with van der Waals surface area (Å²) >= 11 is 1.43. The highest BCUT2D eigenvalue weighted by molar-refractivity contribution is 7.15. The van der Waals surface area contributed by atoms with Crippen molar-refractivity contribution in [3.63, 3.8) is 0 Å². The van der Waals surface area contributed by atoms with Crippen LogP contribution in [0.3, 0.4) is 0 Å². The summed E-state index contributed by atoms with van der Waals surface area (Å²) in [6.45, 7) is 0. The molecule has 0 aliphatic heterocycles. The average molecular weight is 380 g/mol. The molecule has 28 heavy (non-hydrogen) atoms. The molecule has 134 valence electrons. The van der Waals surface area contributed by atoms with Crippen LogP contribution in [0.15, 0.2) is 95.8 Å². The Kier molecular flexibility index (Phi) is 4.11. The molecule has 0 amide bonds. The van der Waals surface area contributed by atoms with Gasteiger partial charge in [0.1, 0.15) is 0 Å². The monoisotopic (exact) mass is 380 g/mol. The van der Waals surface area contributed by atoms with Crippen molar-refractivity contribution in [1.82, 2.24) is 9.38 Å². The number of benzene rings is 3. The minimum Gasteiger partial charge on any atom is -0.267 e. The van der Waals surface area contributed by atoms with E-state index in [1.54, 1.807) is 4.40 Å². The Balaban J connectivity index is 1.82. The van der Waals surface area contributed by atoms with Gasteiger partial charge in [-0.05, 0) is 11.6 Å². The Morgan fingerprint density at radius 3 is 1.96 bits per heavy atom. The lowest BCUT2D eigenvalue weighted by atomic mass is 10.1. The largest absolute Gasteiger partial charge is 0.274 e. The van der Waals surface area contributed by atoms with E-state index in [1.165, 1.54) is 11.3 Å². The second-order valence-electron chi connectivity index (χ2n) is 6.49. The van der Waals surface area contributed by atoms with Crippen LogP contribution < -0.4 is 10.1 Å². The molecule has 0 aliphatic rings. The lowest BCUT2D eigenvalue weighted by Crippen LogP contribution is -2.23. The predicted octanol–water partition coefficient (Wildman–Crippen LogP) is 4.64. The van der Waals surface area contributed by atoms with Crippen molar-refractivity contribution < 1.29 is 0 Å². The lowest BCUT2D eigenvalue weighted by molar-refractivity contribution is 1.15. The Morgan fingerprint density at radius 1 is 0.750 bits per heavy atom. The van der Waals surface area contributed by atoms with Gasteiger partial charge in [0.2, 0.25) is 0 Å². The van der Waals surface area contributed by atoms with Gasteiger partial charge in [0.25, 0.3) is 5.56 Å². The maximum absolute atomic E-state index is 13.3. The van der Waals surface area contributed by atoms with E-state index in [4.69, 9.17) is 4.98 Å². The second-order valence-corrected chi connectivity index (χ2v) is 7.49. The Hall–Kier alpha value is -3.50. The van der Waals surface area contributed by atoms with E-state index in [1.807, 2.05) is 97.1 Å². The van der Waals surface area contributed by atoms with Crippen LogP contribution in [0.25, 0.3) is 33.6 Å². The molecule has 0 saturated carbocycles. The van der Waals surface area contributed by atoms with Gasteiger partial charge in [0.05, 0.1) is 15.9 Å². The molecule has 3 nitrogen and oxygen atoms in total. The quantitative estimate of drug-likeness (QED) is 0.457. The first kappa shape index (κ1) is 16.7. The highest BCUT2D eigenvalue weighted by Crippen LogP contribution is 2.32. The highest BCUT2D eigenvalue weighted by atomic mass is 32.1. The van der Waals surface area contributed by atoms with E-state index < -0.39 is 0 Å². The van der Waals surface area contributed by atoms with Crippen LogP contribution in [-0.2, 0) is 0 Å². The number of fused-ring (bicyclic) bond motifs is 1. The highest BCUT2D eigenvalue weighted by Gasteiger charge is 2.19. The van der Waals surface area contributed by atoms with E-state index in [2.05, 4.69) is 0 Å². The third-order valence-corrected chi connectivity index (χ3v) is 5.62. The number of thiazole rings is 1. The molecule has 5 aromatic rings. The molecule has 0 unspecified atom stereocenters. The minimum absolute atomic E-state index is 0.0302. The van der Waals surface area contributed by atoms with Crippen LogP contribution in [0, 0.1) is 0 Å². The first-order valence-electron chi connectivity index (χ1n) is 9.04. The number of imidazole rings is 1. The Bertz CT molecular complexity index is 1350. The van der Waals surface area contributed by atoms with Crippen molar-refractivity contribution in [2.24, 2.45) is 0 Å². The zero-order chi connectivity index (χ0) is 18.9. The van der Waals surface area contributed by atoms with Crippen molar-refractivity contribution in [3.05, 3.63) is 111 Å². The normalized spacial score (nSPS) is 11.9. The fourth-order valence-electron chi connectivity index (χ4n) is 3.36. The third kappa shape index (κ3) is 2.84. The predicted molar refractivity (Wildman–Crippen MR) is 115 cm³/mol. The molecule has 5 rings (SSSR count). The van der Waals surface area contributed by atoms with Crippen molar-refractivity contribution in [2.45, 2.75) is 0 Å². The van der Waals surface area contributed by atoms with Gasteiger partial charge in [-0.15, -0.1) is 0 Å². The third-order valence-electron chi connectivity index (χ3n) is 4.65. The zero-order valence-electron chi connectivity index (χ0n) is 14.9. The summed E-state index contributed by atoms with van der Waals surface area (Å²) in [4.78, 5) is 18.8. The van der Waals surface area contributed by atoms with Crippen molar-refractivity contribution >= 4 is 22.4 Å². The van der Waals surface area contributed by atoms with Gasteiger partial charge in [-0.3, -0.25) is 4.79 Å². The molecular weight excluding hydrogens is 364 g/mol. The van der Waals surface area contributed by atoms with Crippen molar-refractivity contribution in [3.8, 4) is 22.5 Å². The van der Waals surface area contributed by atoms with Gasteiger partial charge in [-0.1, -0.05) is 102 Å². The van der Waals surface area contributed by atoms with E-state index in [0.29, 0.717) is 9.49 Å². The molecule has 0 fully saturated rings. The smallest absolute Gasteiger partial charge is 0.267 e. The molecule has 4 heteroatoms. The molecule has 0 spiro atoms. The maximum Gasteiger partial charge on any atom is 0.274 e. The Labute approximate surface area is 165 Å². The maximum atomic E-state index is 13.3. The van der Waals surface area contributed by atoms with Crippen LogP contribution in [0.4, 0.5) is 0 Å². The zero-order valence-corrected chi connectivity index (χ0v) is 15.8. The summed E-state index contributed by atoms with van der Waals surface area (Å²) in [6.07, 6.45) is 1.93. The van der Waals surface area contributed by atoms with Gasteiger partial charge in [-0.2, -0.15) is 0 Å². The van der Waals surface area contributed by atoms with Crippen LogP contribution in [0.1, 0.15) is 5.56 Å². The van der Waals surface area contributed by atoms with Crippen molar-refractivity contribution in [1.29, 1.82) is 0 Å². The number of nitrogens with zero attached hydrogens (tertiary/aromatic N) is 2. The lowest BCUT2D eigenvalue weighted by Gasteiger charge is -2.04. The van der Waals surface area contributed by atoms with E-state index in [-0.39, 0.29) is 5.56 Å². The second kappa shape index (κ2) is 6.91. The van der Waals surface area contributed by atoms with Gasteiger partial charge < -0.3 is 0 Å². The standard InChI is InChI=1S/C24H16N2OS/c27-23-20(16-17-10-4-1-5-11-17)28-24-25-21(18-12-6-2-7-13-18)22(26(23)24)19-14-8-3-9-15-19/h1-16H/b20-16-. The summed E-state index contributed by atoms with van der Waals surface area (Å²) < 4.78 is 2.43. The molecule has 2 heterocycles. The number of aromatic nitrogens is 2. The molecule has 0 aliphatic carbocycles. The molecule has 0 radical (unpaired) electrons. The first-order chi connectivity index (χ1) is 13.8. The summed E-state index contributed by atoms with van der Waals surface area (Å²) in [5.41, 5.74) is 4.64. The van der Waals surface area contributed by atoms with Crippen molar-refractivity contribution in [2.75, 3.05) is 0 Å². The molecular formula is C24H16N2OS. The van der Waals surface area contributed by atoms with E-state index >= 15 is 0 Å². The summed E-state index contributed by atoms with van der Waals surface area (Å²) in [6, 6.07) is 29.9. The molecule has 0 saturated heterocycles. The topological polar surface area (TPSA) is 34.4 Å². The molecule has 2 aromatic heterocycles. The van der Waals surface area contributed by atoms with Crippen LogP contribution >= 0.6 is 11.3 Å². The van der Waals surface area contributed by atoms with E-state index in [0.717, 1.165) is 28.1 Å². The van der Waals surface area contributed by atoms with Gasteiger partial charge in [0.15, 0.2) is 4.96 Å². The van der Waals surface area contributed by atoms with Crippen LogP contribution in [0.2, 0.25) is 0 Å². The summed E-state index contributed by atoms with van der Waals surface area (Å²) in [7, 11) is 0. The molecule has 0 N–H and O–H groups in total. The Morgan fingerprint density at radius 2 is 1.32 bits per heavy atom. The van der Waals surface area contributed by atoms with Crippen LogP contribution in [-0.4, -0.2) is 9.38 Å². The number of hydrogen-bond donors (Lipinski definition) is 0. The minimum atomic E-state index is -0.0302. The van der Waals surface area contributed by atoms with Gasteiger partial charge >= 0.3 is 0 Å². The average Bonchev–Trinajstić information content (AvgIpc) is 3.27. The number of hydrogen-bond acceptors (Lipinski definition) is 3. The summed E-state index contributed by atoms with van der Waals surface area (Å²) in [5.74, 6) is 0. The fourth-order valence-corrected chi connectivity index (χ4v) is 4.33. The summed E-state index contributed by atoms with van der Waals surface area (Å²) in [5, 5.41) is 0. The van der Waals surface area contributed by atoms with Gasteiger partial charge in [-0.25, -0.2) is 9.38 Å². The first-order valence-corrected chi connectivity index (χ1v) is 9.86. The number of rotatable bonds is 3. The molecule has 3 aromatic carbocycles. The SMILES string of the molecule is O=c1/c(=C/c2ccccc2)sc2nc(-c3ccccc3)c(-c3ccccc3)n12. The van der Waals surface area contributed by atoms with Crippen LogP contribution in [0.5, 0.6) is 0 Å². The molecule has 0 atom stereocenters. The fraction of sp³-hybridized carbons (Fsp3) is 0.